The molecule has 20 heavy (non-hydrogen) atoms. The zero-order valence-electron chi connectivity index (χ0n) is 11.5. The average Bonchev–Trinajstić information content (AvgIpc) is 2.88. The van der Waals surface area contributed by atoms with E-state index in [2.05, 4.69) is 0 Å². The molecular weight excluding hydrogens is 278 g/mol. The summed E-state index contributed by atoms with van der Waals surface area (Å²) in [5.74, 6) is -1.04. The van der Waals surface area contributed by atoms with Gasteiger partial charge in [0.05, 0.1) is 16.8 Å². The molecule has 0 aliphatic carbocycles. The van der Waals surface area contributed by atoms with Gasteiger partial charge in [-0.15, -0.1) is 11.3 Å². The third kappa shape index (κ3) is 2.43. The first-order chi connectivity index (χ1) is 9.61. The number of aryl methyl sites for hydroxylation is 1. The lowest BCUT2D eigenvalue weighted by Crippen LogP contribution is -2.27. The maximum absolute atomic E-state index is 12.4. The van der Waals surface area contributed by atoms with Gasteiger partial charge in [-0.3, -0.25) is 4.79 Å². The van der Waals surface area contributed by atoms with E-state index in [1.165, 1.54) is 11.3 Å². The molecule has 0 saturated heterocycles. The summed E-state index contributed by atoms with van der Waals surface area (Å²) in [4.78, 5) is 24.3. The number of pyridine rings is 1. The first-order valence-electron chi connectivity index (χ1n) is 6.61. The summed E-state index contributed by atoms with van der Waals surface area (Å²) in [7, 11) is 0. The number of carbonyl (C=O) groups is 1. The molecule has 2 aromatic heterocycles. The molecule has 108 valence electrons. The Morgan fingerprint density at radius 2 is 2.20 bits per heavy atom. The van der Waals surface area contributed by atoms with E-state index in [4.69, 9.17) is 4.74 Å². The lowest BCUT2D eigenvalue weighted by Gasteiger charge is -2.11. The number of hydrogen-bond acceptors (Lipinski definition) is 5. The van der Waals surface area contributed by atoms with Gasteiger partial charge in [-0.25, -0.2) is 4.79 Å². The van der Waals surface area contributed by atoms with Crippen molar-refractivity contribution in [3.05, 3.63) is 27.4 Å². The normalized spacial score (nSPS) is 10.9. The summed E-state index contributed by atoms with van der Waals surface area (Å²) in [5.41, 5.74) is -0.0859. The highest BCUT2D eigenvalue weighted by atomic mass is 32.1. The molecule has 2 aromatic rings. The Bertz CT molecular complexity index is 686. The predicted molar refractivity (Wildman–Crippen MR) is 78.6 cm³/mol. The van der Waals surface area contributed by atoms with Crippen LogP contribution in [0.3, 0.4) is 0 Å². The van der Waals surface area contributed by atoms with Gasteiger partial charge in [0.25, 0.3) is 5.56 Å². The summed E-state index contributed by atoms with van der Waals surface area (Å²) in [5, 5.41) is 12.0. The highest BCUT2D eigenvalue weighted by molar-refractivity contribution is 7.17. The Kier molecular flexibility index (Phi) is 4.44. The van der Waals surface area contributed by atoms with Gasteiger partial charge in [-0.1, -0.05) is 13.3 Å². The number of nitrogens with zero attached hydrogens (tertiary/aromatic N) is 1. The number of fused-ring (bicyclic) bond motifs is 1. The van der Waals surface area contributed by atoms with E-state index in [1.54, 1.807) is 22.9 Å². The van der Waals surface area contributed by atoms with E-state index in [1.807, 2.05) is 6.92 Å². The van der Waals surface area contributed by atoms with Crippen LogP contribution in [0, 0.1) is 0 Å². The fourth-order valence-electron chi connectivity index (χ4n) is 2.08. The second-order valence-corrected chi connectivity index (χ2v) is 5.31. The fourth-order valence-corrected chi connectivity index (χ4v) is 2.92. The number of hydrogen-bond donors (Lipinski definition) is 1. The first kappa shape index (κ1) is 14.6. The zero-order valence-corrected chi connectivity index (χ0v) is 12.3. The van der Waals surface area contributed by atoms with Crippen molar-refractivity contribution in [1.82, 2.24) is 4.57 Å². The zero-order chi connectivity index (χ0) is 14.7. The largest absolute Gasteiger partial charge is 0.505 e. The number of thiophene rings is 1. The second kappa shape index (κ2) is 6.09. The van der Waals surface area contributed by atoms with Gasteiger partial charge in [0.15, 0.2) is 11.3 Å². The van der Waals surface area contributed by atoms with Crippen LogP contribution in [0.25, 0.3) is 10.2 Å². The number of aromatic nitrogens is 1. The number of carbonyl (C=O) groups excluding carboxylic acids is 1. The Morgan fingerprint density at radius 3 is 2.85 bits per heavy atom. The standard InChI is InChI=1S/C14H17NO4S/c1-3-5-7-15-9-6-8-20-12(9)11(16)10(13(15)17)14(18)19-4-2/h6,8,16H,3-5,7H2,1-2H3. The maximum Gasteiger partial charge on any atom is 0.347 e. The van der Waals surface area contributed by atoms with Crippen molar-refractivity contribution in [2.24, 2.45) is 0 Å². The SMILES string of the molecule is CCCCn1c(=O)c(C(=O)OCC)c(O)c2sccc21. The van der Waals surface area contributed by atoms with Gasteiger partial charge in [-0.05, 0) is 24.8 Å². The summed E-state index contributed by atoms with van der Waals surface area (Å²) in [6.07, 6.45) is 1.77. The summed E-state index contributed by atoms with van der Waals surface area (Å²) < 4.78 is 6.96. The molecule has 5 nitrogen and oxygen atoms in total. The van der Waals surface area contributed by atoms with Crippen molar-refractivity contribution in [1.29, 1.82) is 0 Å². The van der Waals surface area contributed by atoms with Crippen molar-refractivity contribution in [2.75, 3.05) is 6.61 Å². The Labute approximate surface area is 120 Å². The van der Waals surface area contributed by atoms with E-state index < -0.39 is 11.5 Å². The molecule has 0 bridgehead atoms. The van der Waals surface area contributed by atoms with Crippen molar-refractivity contribution in [3.8, 4) is 5.75 Å². The van der Waals surface area contributed by atoms with Crippen LogP contribution in [0.4, 0.5) is 0 Å². The molecule has 0 aliphatic rings. The third-order valence-corrected chi connectivity index (χ3v) is 3.97. The van der Waals surface area contributed by atoms with Crippen molar-refractivity contribution < 1.29 is 14.6 Å². The Hall–Kier alpha value is -1.82. The monoisotopic (exact) mass is 295 g/mol. The van der Waals surface area contributed by atoms with E-state index in [9.17, 15) is 14.7 Å². The maximum atomic E-state index is 12.4. The molecule has 0 atom stereocenters. The van der Waals surface area contributed by atoms with E-state index in [0.717, 1.165) is 12.8 Å². The second-order valence-electron chi connectivity index (χ2n) is 4.39. The molecule has 0 saturated carbocycles. The highest BCUT2D eigenvalue weighted by Crippen LogP contribution is 2.31. The molecule has 2 heterocycles. The van der Waals surface area contributed by atoms with Gasteiger partial charge in [0.2, 0.25) is 0 Å². The molecule has 1 N–H and O–H groups in total. The minimum Gasteiger partial charge on any atom is -0.505 e. The number of aromatic hydroxyl groups is 1. The van der Waals surface area contributed by atoms with Crippen LogP contribution in [0.15, 0.2) is 16.2 Å². The van der Waals surface area contributed by atoms with E-state index in [0.29, 0.717) is 16.8 Å². The Morgan fingerprint density at radius 1 is 1.45 bits per heavy atom. The first-order valence-corrected chi connectivity index (χ1v) is 7.49. The van der Waals surface area contributed by atoms with E-state index >= 15 is 0 Å². The predicted octanol–water partition coefficient (Wildman–Crippen LogP) is 2.75. The molecule has 0 spiro atoms. The quantitative estimate of drug-likeness (QED) is 0.861. The molecule has 0 unspecified atom stereocenters. The van der Waals surface area contributed by atoms with Gasteiger partial charge >= 0.3 is 5.97 Å². The third-order valence-electron chi connectivity index (χ3n) is 3.06. The van der Waals surface area contributed by atoms with Gasteiger partial charge < -0.3 is 14.4 Å². The molecule has 0 aliphatic heterocycles. The number of esters is 1. The summed E-state index contributed by atoms with van der Waals surface area (Å²) in [6, 6.07) is 1.78. The average molecular weight is 295 g/mol. The molecule has 0 amide bonds. The van der Waals surface area contributed by atoms with Crippen molar-refractivity contribution >= 4 is 27.5 Å². The van der Waals surface area contributed by atoms with Crippen LogP contribution >= 0.6 is 11.3 Å². The van der Waals surface area contributed by atoms with E-state index in [-0.39, 0.29) is 17.9 Å². The Balaban J connectivity index is 2.68. The summed E-state index contributed by atoms with van der Waals surface area (Å²) >= 11 is 1.30. The van der Waals surface area contributed by atoms with Gasteiger partial charge in [0.1, 0.15) is 0 Å². The molecular formula is C14H17NO4S. The lowest BCUT2D eigenvalue weighted by molar-refractivity contribution is 0.0520. The molecule has 0 fully saturated rings. The van der Waals surface area contributed by atoms with Crippen LogP contribution in [-0.4, -0.2) is 22.2 Å². The van der Waals surface area contributed by atoms with Gasteiger partial charge in [-0.2, -0.15) is 0 Å². The molecule has 0 aromatic carbocycles. The van der Waals surface area contributed by atoms with Crippen LogP contribution in [0.5, 0.6) is 5.75 Å². The number of ether oxygens (including phenoxy) is 1. The molecule has 6 heteroatoms. The smallest absolute Gasteiger partial charge is 0.347 e. The number of unbranched alkanes of at least 4 members (excludes halogenated alkanes) is 1. The molecule has 0 radical (unpaired) electrons. The van der Waals surface area contributed by atoms with Crippen LogP contribution in [0.2, 0.25) is 0 Å². The van der Waals surface area contributed by atoms with Crippen molar-refractivity contribution in [3.63, 3.8) is 0 Å². The van der Waals surface area contributed by atoms with Gasteiger partial charge in [0, 0.05) is 6.54 Å². The number of rotatable bonds is 5. The summed E-state index contributed by atoms with van der Waals surface area (Å²) in [6.45, 7) is 4.38. The van der Waals surface area contributed by atoms with Crippen LogP contribution in [0.1, 0.15) is 37.0 Å². The minimum absolute atomic E-state index is 0.162. The van der Waals surface area contributed by atoms with Crippen molar-refractivity contribution in [2.45, 2.75) is 33.2 Å². The minimum atomic E-state index is -0.768. The highest BCUT2D eigenvalue weighted by Gasteiger charge is 2.23. The van der Waals surface area contributed by atoms with Crippen LogP contribution in [-0.2, 0) is 11.3 Å². The fraction of sp³-hybridized carbons (Fsp3) is 0.429. The molecule has 2 rings (SSSR count). The lowest BCUT2D eigenvalue weighted by atomic mass is 10.2. The van der Waals surface area contributed by atoms with Crippen LogP contribution < -0.4 is 5.56 Å². The topological polar surface area (TPSA) is 68.5 Å².